The minimum Gasteiger partial charge on any atom is -0.329 e. The van der Waals surface area contributed by atoms with Crippen LogP contribution in [0.25, 0.3) is 0 Å². The van der Waals surface area contributed by atoms with Gasteiger partial charge in [0.15, 0.2) is 0 Å². The number of benzene rings is 2. The average Bonchev–Trinajstić information content (AvgIpc) is 2.49. The molecule has 0 saturated carbocycles. The van der Waals surface area contributed by atoms with Crippen LogP contribution in [0.2, 0.25) is 0 Å². The molecule has 0 radical (unpaired) electrons. The Morgan fingerprint density at radius 1 is 0.857 bits per heavy atom. The Hall–Kier alpha value is -2.09. The molecule has 0 aliphatic carbocycles. The van der Waals surface area contributed by atoms with Gasteiger partial charge in [0.05, 0.1) is 6.54 Å². The predicted octanol–water partition coefficient (Wildman–Crippen LogP) is 3.05. The zero-order valence-electron chi connectivity index (χ0n) is 11.1. The number of anilines is 2. The van der Waals surface area contributed by atoms with Crippen molar-refractivity contribution in [3.63, 3.8) is 0 Å². The third kappa shape index (κ3) is 5.42. The van der Waals surface area contributed by atoms with E-state index in [2.05, 4.69) is 38.5 Å². The highest BCUT2D eigenvalue weighted by Gasteiger charge is 2.05. The fourth-order valence-corrected chi connectivity index (χ4v) is 1.96. The zero-order valence-corrected chi connectivity index (χ0v) is 13.3. The molecule has 21 heavy (non-hydrogen) atoms. The molecule has 0 aliphatic rings. The highest BCUT2D eigenvalue weighted by Crippen LogP contribution is 2.10. The first kappa shape index (κ1) is 15.3. The summed E-state index contributed by atoms with van der Waals surface area (Å²) in [7, 11) is 0. The van der Waals surface area contributed by atoms with Crippen LogP contribution < -0.4 is 16.0 Å². The first-order valence-electron chi connectivity index (χ1n) is 6.29. The van der Waals surface area contributed by atoms with Gasteiger partial charge in [-0.2, -0.15) is 0 Å². The Kier molecular flexibility index (Phi) is 5.56. The van der Waals surface area contributed by atoms with E-state index < -0.39 is 6.03 Å². The van der Waals surface area contributed by atoms with E-state index >= 15 is 0 Å². The predicted molar refractivity (Wildman–Crippen MR) is 91.3 cm³/mol. The van der Waals surface area contributed by atoms with Gasteiger partial charge in [0.2, 0.25) is 5.91 Å². The van der Waals surface area contributed by atoms with Crippen molar-refractivity contribution in [3.8, 4) is 0 Å². The second-order valence-corrected chi connectivity index (χ2v) is 5.47. The SMILES string of the molecule is O=C(CNC(=O)Nc1ccccc1)Nc1ccc(I)cc1. The maximum absolute atomic E-state index is 11.7. The second-order valence-electron chi connectivity index (χ2n) is 4.23. The van der Waals surface area contributed by atoms with Gasteiger partial charge in [-0.05, 0) is 59.0 Å². The quantitative estimate of drug-likeness (QED) is 0.697. The number of carbonyl (C=O) groups is 2. The van der Waals surface area contributed by atoms with Gasteiger partial charge >= 0.3 is 6.03 Å². The number of urea groups is 1. The summed E-state index contributed by atoms with van der Waals surface area (Å²) in [6.07, 6.45) is 0. The maximum Gasteiger partial charge on any atom is 0.319 e. The Labute approximate surface area is 136 Å². The molecule has 0 fully saturated rings. The minimum atomic E-state index is -0.418. The Bertz CT molecular complexity index is 615. The number of amides is 3. The first-order valence-corrected chi connectivity index (χ1v) is 7.37. The smallest absolute Gasteiger partial charge is 0.319 e. The standard InChI is InChI=1S/C15H14IN3O2/c16-11-6-8-13(9-7-11)18-14(20)10-17-15(21)19-12-4-2-1-3-5-12/h1-9H,10H2,(H,18,20)(H2,17,19,21). The van der Waals surface area contributed by atoms with Crippen LogP contribution in [-0.2, 0) is 4.79 Å². The monoisotopic (exact) mass is 395 g/mol. The number of hydrogen-bond acceptors (Lipinski definition) is 2. The summed E-state index contributed by atoms with van der Waals surface area (Å²) in [6.45, 7) is -0.0926. The number of para-hydroxylation sites is 1. The van der Waals surface area contributed by atoms with Crippen LogP contribution in [0, 0.1) is 3.57 Å². The van der Waals surface area contributed by atoms with E-state index in [9.17, 15) is 9.59 Å². The molecule has 2 rings (SSSR count). The van der Waals surface area contributed by atoms with Crippen LogP contribution in [0.4, 0.5) is 16.2 Å². The van der Waals surface area contributed by atoms with E-state index in [1.54, 1.807) is 12.1 Å². The van der Waals surface area contributed by atoms with Crippen molar-refractivity contribution >= 4 is 45.9 Å². The molecule has 108 valence electrons. The van der Waals surface area contributed by atoms with Gasteiger partial charge in [0, 0.05) is 14.9 Å². The summed E-state index contributed by atoms with van der Waals surface area (Å²) >= 11 is 2.19. The molecule has 0 atom stereocenters. The van der Waals surface area contributed by atoms with Crippen molar-refractivity contribution in [2.75, 3.05) is 17.2 Å². The molecule has 0 aliphatic heterocycles. The lowest BCUT2D eigenvalue weighted by Crippen LogP contribution is -2.35. The van der Waals surface area contributed by atoms with Crippen molar-refractivity contribution in [1.29, 1.82) is 0 Å². The maximum atomic E-state index is 11.7. The fraction of sp³-hybridized carbons (Fsp3) is 0.0667. The largest absolute Gasteiger partial charge is 0.329 e. The summed E-state index contributed by atoms with van der Waals surface area (Å²) in [6, 6.07) is 16.0. The lowest BCUT2D eigenvalue weighted by molar-refractivity contribution is -0.115. The van der Waals surface area contributed by atoms with Crippen molar-refractivity contribution < 1.29 is 9.59 Å². The lowest BCUT2D eigenvalue weighted by Gasteiger charge is -2.08. The van der Waals surface area contributed by atoms with E-state index in [0.29, 0.717) is 11.4 Å². The topological polar surface area (TPSA) is 70.2 Å². The molecule has 0 spiro atoms. The molecule has 0 bridgehead atoms. The summed E-state index contributed by atoms with van der Waals surface area (Å²) in [5, 5.41) is 7.84. The van der Waals surface area contributed by atoms with Crippen LogP contribution in [0.15, 0.2) is 54.6 Å². The van der Waals surface area contributed by atoms with E-state index in [1.165, 1.54) is 0 Å². The van der Waals surface area contributed by atoms with Crippen molar-refractivity contribution in [3.05, 3.63) is 58.2 Å². The van der Waals surface area contributed by atoms with Gasteiger partial charge in [-0.1, -0.05) is 18.2 Å². The molecule has 0 unspecified atom stereocenters. The molecule has 3 N–H and O–H groups in total. The number of nitrogens with one attached hydrogen (secondary N) is 3. The fourth-order valence-electron chi connectivity index (χ4n) is 1.60. The number of rotatable bonds is 4. The third-order valence-corrected chi connectivity index (χ3v) is 3.29. The minimum absolute atomic E-state index is 0.0926. The lowest BCUT2D eigenvalue weighted by atomic mass is 10.3. The Morgan fingerprint density at radius 3 is 2.14 bits per heavy atom. The molecule has 2 aromatic carbocycles. The number of hydrogen-bond donors (Lipinski definition) is 3. The molecular formula is C15H14IN3O2. The van der Waals surface area contributed by atoms with E-state index in [0.717, 1.165) is 3.57 Å². The van der Waals surface area contributed by atoms with Gasteiger partial charge in [-0.25, -0.2) is 4.79 Å². The zero-order chi connectivity index (χ0) is 15.1. The van der Waals surface area contributed by atoms with Crippen molar-refractivity contribution in [2.24, 2.45) is 0 Å². The van der Waals surface area contributed by atoms with Gasteiger partial charge in [0.25, 0.3) is 0 Å². The third-order valence-electron chi connectivity index (χ3n) is 2.57. The second kappa shape index (κ2) is 7.63. The van der Waals surface area contributed by atoms with Crippen LogP contribution in [0.1, 0.15) is 0 Å². The van der Waals surface area contributed by atoms with E-state index in [4.69, 9.17) is 0 Å². The van der Waals surface area contributed by atoms with Crippen LogP contribution in [-0.4, -0.2) is 18.5 Å². The van der Waals surface area contributed by atoms with Gasteiger partial charge in [0.1, 0.15) is 0 Å². The highest BCUT2D eigenvalue weighted by atomic mass is 127. The summed E-state index contributed by atoms with van der Waals surface area (Å²) in [4.78, 5) is 23.3. The number of carbonyl (C=O) groups excluding carboxylic acids is 2. The highest BCUT2D eigenvalue weighted by molar-refractivity contribution is 14.1. The average molecular weight is 395 g/mol. The van der Waals surface area contributed by atoms with Gasteiger partial charge in [-0.3, -0.25) is 4.79 Å². The summed E-state index contributed by atoms with van der Waals surface area (Å²) in [5.74, 6) is -0.278. The molecule has 3 amide bonds. The molecule has 5 nitrogen and oxygen atoms in total. The number of halogens is 1. The molecule has 0 saturated heterocycles. The van der Waals surface area contributed by atoms with E-state index in [1.807, 2.05) is 42.5 Å². The molecular weight excluding hydrogens is 381 g/mol. The molecule has 2 aromatic rings. The molecule has 0 heterocycles. The van der Waals surface area contributed by atoms with Crippen molar-refractivity contribution in [2.45, 2.75) is 0 Å². The molecule has 0 aromatic heterocycles. The van der Waals surface area contributed by atoms with Crippen LogP contribution >= 0.6 is 22.6 Å². The van der Waals surface area contributed by atoms with Crippen molar-refractivity contribution in [1.82, 2.24) is 5.32 Å². The van der Waals surface area contributed by atoms with Crippen LogP contribution in [0.5, 0.6) is 0 Å². The first-order chi connectivity index (χ1) is 10.1. The summed E-state index contributed by atoms with van der Waals surface area (Å²) < 4.78 is 1.09. The Morgan fingerprint density at radius 2 is 1.48 bits per heavy atom. The van der Waals surface area contributed by atoms with Crippen LogP contribution in [0.3, 0.4) is 0 Å². The summed E-state index contributed by atoms with van der Waals surface area (Å²) in [5.41, 5.74) is 1.37. The van der Waals surface area contributed by atoms with Gasteiger partial charge in [-0.15, -0.1) is 0 Å². The Balaban J connectivity index is 1.76. The molecule has 6 heteroatoms. The van der Waals surface area contributed by atoms with E-state index in [-0.39, 0.29) is 12.5 Å². The normalized spacial score (nSPS) is 9.76. The van der Waals surface area contributed by atoms with Gasteiger partial charge < -0.3 is 16.0 Å².